The van der Waals surface area contributed by atoms with Crippen LogP contribution < -0.4 is 14.8 Å². The maximum absolute atomic E-state index is 12.6. The first-order valence-electron chi connectivity index (χ1n) is 8.84. The van der Waals surface area contributed by atoms with Crippen molar-refractivity contribution in [3.8, 4) is 11.5 Å². The van der Waals surface area contributed by atoms with Crippen molar-refractivity contribution in [2.75, 3.05) is 12.4 Å². The molecule has 0 aliphatic carbocycles. The molecule has 2 aromatic carbocycles. The number of nitrogens with zero attached hydrogens (tertiary/aromatic N) is 1. The molecule has 146 valence electrons. The second kappa shape index (κ2) is 8.36. The first-order valence-corrected chi connectivity index (χ1v) is 9.63. The molecule has 6 nitrogen and oxygen atoms in total. The zero-order valence-corrected chi connectivity index (χ0v) is 17.1. The first kappa shape index (κ1) is 19.0. The number of carbonyl (C=O) groups excluding carboxylic acids is 1. The number of fused-ring (bicyclic) bond motifs is 1. The number of methoxy groups -OCH3 is 1. The fraction of sp³-hybridized carbons (Fsp3) is 0.0909. The summed E-state index contributed by atoms with van der Waals surface area (Å²) in [6.07, 6.45) is 1.69. The third-order valence-electron chi connectivity index (χ3n) is 4.29. The number of halogens is 1. The van der Waals surface area contributed by atoms with Crippen LogP contribution in [0.5, 0.6) is 11.5 Å². The summed E-state index contributed by atoms with van der Waals surface area (Å²) in [6.45, 7) is 0.211. The Morgan fingerprint density at radius 1 is 1.07 bits per heavy atom. The molecule has 0 atom stereocenters. The number of nitrogens with one attached hydrogen (secondary N) is 1. The number of amides is 1. The average molecular weight is 453 g/mol. The number of carbonyl (C=O) groups is 1. The normalized spacial score (nSPS) is 10.7. The van der Waals surface area contributed by atoms with Crippen LogP contribution in [0.3, 0.4) is 0 Å². The average Bonchev–Trinajstić information content (AvgIpc) is 3.24. The highest BCUT2D eigenvalue weighted by Gasteiger charge is 2.14. The van der Waals surface area contributed by atoms with Crippen LogP contribution >= 0.6 is 15.9 Å². The van der Waals surface area contributed by atoms with Gasteiger partial charge in [0, 0.05) is 16.1 Å². The Bertz CT molecular complexity index is 1160. The van der Waals surface area contributed by atoms with Gasteiger partial charge in [0.25, 0.3) is 5.91 Å². The van der Waals surface area contributed by atoms with Crippen LogP contribution in [-0.4, -0.2) is 18.0 Å². The molecule has 0 unspecified atom stereocenters. The molecule has 0 aliphatic rings. The Morgan fingerprint density at radius 2 is 1.86 bits per heavy atom. The Morgan fingerprint density at radius 3 is 2.66 bits per heavy atom. The van der Waals surface area contributed by atoms with Crippen molar-refractivity contribution >= 4 is 38.4 Å². The van der Waals surface area contributed by atoms with Crippen LogP contribution in [0.2, 0.25) is 0 Å². The zero-order chi connectivity index (χ0) is 20.2. The van der Waals surface area contributed by atoms with Gasteiger partial charge in [-0.15, -0.1) is 0 Å². The van der Waals surface area contributed by atoms with E-state index < -0.39 is 0 Å². The van der Waals surface area contributed by atoms with Gasteiger partial charge in [-0.25, -0.2) is 0 Å². The SMILES string of the molecule is COc1ccc(OCc2ccc(C(=O)Nc3ccc(Br)c4cccnc34)o2)cc1. The lowest BCUT2D eigenvalue weighted by atomic mass is 10.2. The fourth-order valence-electron chi connectivity index (χ4n) is 2.83. The van der Waals surface area contributed by atoms with E-state index in [9.17, 15) is 4.79 Å². The molecule has 1 amide bonds. The number of benzene rings is 2. The van der Waals surface area contributed by atoms with Gasteiger partial charge in [0.2, 0.25) is 0 Å². The Kier molecular flexibility index (Phi) is 5.48. The van der Waals surface area contributed by atoms with Gasteiger partial charge in [0.05, 0.1) is 18.3 Å². The van der Waals surface area contributed by atoms with E-state index in [1.54, 1.807) is 43.6 Å². The van der Waals surface area contributed by atoms with Crippen molar-refractivity contribution in [2.24, 2.45) is 0 Å². The molecule has 1 N–H and O–H groups in total. The molecule has 0 spiro atoms. The monoisotopic (exact) mass is 452 g/mol. The predicted molar refractivity (Wildman–Crippen MR) is 113 cm³/mol. The molecule has 0 fully saturated rings. The molecule has 2 aromatic heterocycles. The minimum atomic E-state index is -0.352. The summed E-state index contributed by atoms with van der Waals surface area (Å²) in [5.41, 5.74) is 1.31. The second-order valence-electron chi connectivity index (χ2n) is 6.18. The topological polar surface area (TPSA) is 73.6 Å². The number of furan rings is 1. The molecule has 0 bridgehead atoms. The minimum absolute atomic E-state index is 0.199. The summed E-state index contributed by atoms with van der Waals surface area (Å²) < 4.78 is 17.3. The summed E-state index contributed by atoms with van der Waals surface area (Å²) in [6, 6.07) is 18.0. The number of hydrogen-bond donors (Lipinski definition) is 1. The number of hydrogen-bond acceptors (Lipinski definition) is 5. The lowest BCUT2D eigenvalue weighted by molar-refractivity contribution is 0.0992. The summed E-state index contributed by atoms with van der Waals surface area (Å²) in [5.74, 6) is 1.83. The van der Waals surface area contributed by atoms with Crippen LogP contribution in [0.15, 0.2) is 75.8 Å². The predicted octanol–water partition coefficient (Wildman–Crippen LogP) is 5.43. The summed E-state index contributed by atoms with van der Waals surface area (Å²) >= 11 is 3.50. The molecule has 0 saturated heterocycles. The Hall–Kier alpha value is -3.32. The van der Waals surface area contributed by atoms with Crippen molar-refractivity contribution in [1.82, 2.24) is 4.98 Å². The zero-order valence-electron chi connectivity index (χ0n) is 15.5. The molecule has 0 aliphatic heterocycles. The standard InChI is InChI=1S/C22H17BrN2O4/c1-27-14-4-6-15(7-5-14)28-13-16-8-11-20(29-16)22(26)25-19-10-9-18(23)17-3-2-12-24-21(17)19/h2-12H,13H2,1H3,(H,25,26). The van der Waals surface area contributed by atoms with Gasteiger partial charge in [0.1, 0.15) is 23.9 Å². The lowest BCUT2D eigenvalue weighted by Gasteiger charge is -2.08. The quantitative estimate of drug-likeness (QED) is 0.422. The van der Waals surface area contributed by atoms with Gasteiger partial charge in [-0.2, -0.15) is 0 Å². The van der Waals surface area contributed by atoms with Crippen molar-refractivity contribution in [3.63, 3.8) is 0 Å². The van der Waals surface area contributed by atoms with Gasteiger partial charge < -0.3 is 19.2 Å². The lowest BCUT2D eigenvalue weighted by Crippen LogP contribution is -2.11. The highest BCUT2D eigenvalue weighted by molar-refractivity contribution is 9.10. The number of ether oxygens (including phenoxy) is 2. The van der Waals surface area contributed by atoms with Crippen molar-refractivity contribution in [3.05, 3.63) is 82.9 Å². The molecular formula is C22H17BrN2O4. The van der Waals surface area contributed by atoms with Crippen LogP contribution in [0.4, 0.5) is 5.69 Å². The van der Waals surface area contributed by atoms with Gasteiger partial charge >= 0.3 is 0 Å². The fourth-order valence-corrected chi connectivity index (χ4v) is 3.28. The van der Waals surface area contributed by atoms with E-state index in [-0.39, 0.29) is 18.3 Å². The molecule has 2 heterocycles. The van der Waals surface area contributed by atoms with Crippen LogP contribution in [0.1, 0.15) is 16.3 Å². The van der Waals surface area contributed by atoms with Gasteiger partial charge in [-0.05, 0) is 54.6 Å². The highest BCUT2D eigenvalue weighted by Crippen LogP contribution is 2.28. The smallest absolute Gasteiger partial charge is 0.291 e. The van der Waals surface area contributed by atoms with E-state index in [4.69, 9.17) is 13.9 Å². The number of aromatic nitrogens is 1. The number of rotatable bonds is 6. The maximum Gasteiger partial charge on any atom is 0.291 e. The number of anilines is 1. The summed E-state index contributed by atoms with van der Waals surface area (Å²) in [4.78, 5) is 17.0. The van der Waals surface area contributed by atoms with E-state index in [2.05, 4.69) is 26.2 Å². The molecule has 7 heteroatoms. The van der Waals surface area contributed by atoms with E-state index >= 15 is 0 Å². The molecular weight excluding hydrogens is 436 g/mol. The Labute approximate surface area is 175 Å². The van der Waals surface area contributed by atoms with Gasteiger partial charge in [0.15, 0.2) is 5.76 Å². The minimum Gasteiger partial charge on any atom is -0.497 e. The molecule has 4 aromatic rings. The van der Waals surface area contributed by atoms with Crippen molar-refractivity contribution < 1.29 is 18.7 Å². The van der Waals surface area contributed by atoms with Crippen LogP contribution in [0, 0.1) is 0 Å². The van der Waals surface area contributed by atoms with Gasteiger partial charge in [-0.1, -0.05) is 22.0 Å². The van der Waals surface area contributed by atoms with Crippen molar-refractivity contribution in [1.29, 1.82) is 0 Å². The van der Waals surface area contributed by atoms with Crippen LogP contribution in [0.25, 0.3) is 10.9 Å². The Balaban J connectivity index is 1.44. The largest absolute Gasteiger partial charge is 0.497 e. The van der Waals surface area contributed by atoms with Crippen LogP contribution in [-0.2, 0) is 6.61 Å². The molecule has 0 radical (unpaired) electrons. The van der Waals surface area contributed by atoms with E-state index in [0.29, 0.717) is 22.7 Å². The van der Waals surface area contributed by atoms with Crippen molar-refractivity contribution in [2.45, 2.75) is 6.61 Å². The third-order valence-corrected chi connectivity index (χ3v) is 4.98. The maximum atomic E-state index is 12.6. The molecule has 0 saturated carbocycles. The first-order chi connectivity index (χ1) is 14.1. The molecule has 4 rings (SSSR count). The summed E-state index contributed by atoms with van der Waals surface area (Å²) in [7, 11) is 1.61. The highest BCUT2D eigenvalue weighted by atomic mass is 79.9. The molecule has 29 heavy (non-hydrogen) atoms. The van der Waals surface area contributed by atoms with E-state index in [1.807, 2.05) is 30.3 Å². The second-order valence-corrected chi connectivity index (χ2v) is 7.03. The number of pyridine rings is 1. The third kappa shape index (κ3) is 4.25. The van der Waals surface area contributed by atoms with E-state index in [1.165, 1.54) is 0 Å². The van der Waals surface area contributed by atoms with E-state index in [0.717, 1.165) is 15.6 Å². The van der Waals surface area contributed by atoms with Gasteiger partial charge in [-0.3, -0.25) is 9.78 Å². The summed E-state index contributed by atoms with van der Waals surface area (Å²) in [5, 5.41) is 3.77.